The average Bonchev–Trinajstić information content (AvgIpc) is 2.73. The summed E-state index contributed by atoms with van der Waals surface area (Å²) in [6, 6.07) is 8.30. The molecule has 1 aromatic carbocycles. The van der Waals surface area contributed by atoms with Crippen molar-refractivity contribution in [2.45, 2.75) is 26.1 Å². The third-order valence-corrected chi connectivity index (χ3v) is 3.13. The minimum Gasteiger partial charge on any atom is -0.392 e. The first-order valence-electron chi connectivity index (χ1n) is 6.67. The molecule has 1 heterocycles. The van der Waals surface area contributed by atoms with Gasteiger partial charge in [-0.05, 0) is 18.6 Å². The molecule has 2 N–H and O–H groups in total. The molecular formula is C15H22N2O2. The van der Waals surface area contributed by atoms with E-state index in [1.54, 1.807) is 7.11 Å². The number of aromatic nitrogens is 1. The van der Waals surface area contributed by atoms with Crippen molar-refractivity contribution >= 4 is 10.9 Å². The minimum absolute atomic E-state index is 0.342. The van der Waals surface area contributed by atoms with Gasteiger partial charge in [-0.15, -0.1) is 0 Å². The van der Waals surface area contributed by atoms with Crippen LogP contribution in [0.3, 0.4) is 0 Å². The van der Waals surface area contributed by atoms with Gasteiger partial charge in [0.25, 0.3) is 0 Å². The Bertz CT molecular complexity index is 520. The van der Waals surface area contributed by atoms with E-state index in [1.165, 1.54) is 16.5 Å². The molecule has 19 heavy (non-hydrogen) atoms. The minimum atomic E-state index is -0.342. The highest BCUT2D eigenvalue weighted by atomic mass is 16.5. The maximum Gasteiger partial charge on any atom is 0.0691 e. The van der Waals surface area contributed by atoms with Crippen LogP contribution in [0, 0.1) is 0 Å². The number of aliphatic hydroxyl groups is 1. The lowest BCUT2D eigenvalue weighted by Crippen LogP contribution is -2.18. The van der Waals surface area contributed by atoms with E-state index >= 15 is 0 Å². The van der Waals surface area contributed by atoms with Crippen LogP contribution in [0.15, 0.2) is 30.5 Å². The molecule has 0 aliphatic carbocycles. The third kappa shape index (κ3) is 3.56. The van der Waals surface area contributed by atoms with Crippen LogP contribution in [0.5, 0.6) is 0 Å². The van der Waals surface area contributed by atoms with Gasteiger partial charge in [0.1, 0.15) is 0 Å². The number of hydrogen-bond acceptors (Lipinski definition) is 3. The lowest BCUT2D eigenvalue weighted by atomic mass is 10.2. The van der Waals surface area contributed by atoms with Crippen LogP contribution in [0.25, 0.3) is 10.9 Å². The second kappa shape index (κ2) is 6.70. The van der Waals surface area contributed by atoms with Gasteiger partial charge in [-0.3, -0.25) is 0 Å². The summed E-state index contributed by atoms with van der Waals surface area (Å²) < 4.78 is 7.14. The van der Waals surface area contributed by atoms with E-state index in [4.69, 9.17) is 4.74 Å². The van der Waals surface area contributed by atoms with E-state index in [1.807, 2.05) is 19.1 Å². The highest BCUT2D eigenvalue weighted by Crippen LogP contribution is 2.21. The molecular weight excluding hydrogens is 240 g/mol. The molecule has 1 unspecified atom stereocenters. The van der Waals surface area contributed by atoms with Crippen molar-refractivity contribution in [3.05, 3.63) is 36.0 Å². The molecule has 0 saturated heterocycles. The molecule has 0 spiro atoms. The lowest BCUT2D eigenvalue weighted by molar-refractivity contribution is 0.175. The molecule has 0 aliphatic heterocycles. The molecule has 4 heteroatoms. The molecule has 0 fully saturated rings. The predicted octanol–water partition coefficient (Wildman–Crippen LogP) is 1.76. The van der Waals surface area contributed by atoms with Crippen molar-refractivity contribution in [2.24, 2.45) is 0 Å². The summed E-state index contributed by atoms with van der Waals surface area (Å²) in [5.41, 5.74) is 2.43. The second-order valence-corrected chi connectivity index (χ2v) is 4.84. The van der Waals surface area contributed by atoms with Crippen LogP contribution in [-0.4, -0.2) is 36.0 Å². The van der Waals surface area contributed by atoms with E-state index in [0.717, 1.165) is 13.1 Å². The van der Waals surface area contributed by atoms with Crippen molar-refractivity contribution < 1.29 is 9.84 Å². The van der Waals surface area contributed by atoms with Crippen molar-refractivity contribution in [3.63, 3.8) is 0 Å². The first-order chi connectivity index (χ1) is 9.22. The number of hydrogen-bond donors (Lipinski definition) is 2. The Kier molecular flexibility index (Phi) is 4.96. The SMILES string of the molecule is COCCNCc1cn(CC(C)O)c2ccccc12. The molecule has 2 rings (SSSR count). The van der Waals surface area contributed by atoms with Gasteiger partial charge in [0.2, 0.25) is 0 Å². The fourth-order valence-corrected chi connectivity index (χ4v) is 2.30. The number of para-hydroxylation sites is 1. The van der Waals surface area contributed by atoms with Gasteiger partial charge in [-0.2, -0.15) is 0 Å². The maximum absolute atomic E-state index is 9.57. The number of methoxy groups -OCH3 is 1. The Labute approximate surface area is 114 Å². The molecule has 0 saturated carbocycles. The van der Waals surface area contributed by atoms with Gasteiger partial charge in [-0.25, -0.2) is 0 Å². The van der Waals surface area contributed by atoms with Gasteiger partial charge < -0.3 is 19.7 Å². The summed E-state index contributed by atoms with van der Waals surface area (Å²) in [6.45, 7) is 4.80. The van der Waals surface area contributed by atoms with Gasteiger partial charge in [0.05, 0.1) is 12.7 Å². The lowest BCUT2D eigenvalue weighted by Gasteiger charge is -2.07. The zero-order valence-electron chi connectivity index (χ0n) is 11.6. The Hall–Kier alpha value is -1.36. The van der Waals surface area contributed by atoms with Crippen LogP contribution in [0.2, 0.25) is 0 Å². The van der Waals surface area contributed by atoms with Crippen molar-refractivity contribution in [2.75, 3.05) is 20.3 Å². The molecule has 0 radical (unpaired) electrons. The first kappa shape index (κ1) is 14.1. The zero-order valence-corrected chi connectivity index (χ0v) is 11.6. The number of fused-ring (bicyclic) bond motifs is 1. The van der Waals surface area contributed by atoms with E-state index in [-0.39, 0.29) is 6.10 Å². The number of benzene rings is 1. The quantitative estimate of drug-likeness (QED) is 0.747. The fourth-order valence-electron chi connectivity index (χ4n) is 2.30. The Balaban J connectivity index is 2.18. The summed E-state index contributed by atoms with van der Waals surface area (Å²) in [5, 5.41) is 14.2. The largest absolute Gasteiger partial charge is 0.392 e. The Morgan fingerprint density at radius 1 is 1.37 bits per heavy atom. The molecule has 1 atom stereocenters. The van der Waals surface area contributed by atoms with Crippen molar-refractivity contribution in [1.82, 2.24) is 9.88 Å². The van der Waals surface area contributed by atoms with E-state index < -0.39 is 0 Å². The van der Waals surface area contributed by atoms with E-state index in [9.17, 15) is 5.11 Å². The predicted molar refractivity (Wildman–Crippen MR) is 77.2 cm³/mol. The number of rotatable bonds is 7. The van der Waals surface area contributed by atoms with Gasteiger partial charge in [0, 0.05) is 43.8 Å². The molecule has 0 bridgehead atoms. The van der Waals surface area contributed by atoms with E-state index in [2.05, 4.69) is 28.2 Å². The molecule has 0 amide bonds. The Morgan fingerprint density at radius 2 is 2.16 bits per heavy atom. The fraction of sp³-hybridized carbons (Fsp3) is 0.467. The van der Waals surface area contributed by atoms with Crippen molar-refractivity contribution in [1.29, 1.82) is 0 Å². The maximum atomic E-state index is 9.57. The highest BCUT2D eigenvalue weighted by molar-refractivity contribution is 5.83. The zero-order chi connectivity index (χ0) is 13.7. The number of nitrogens with zero attached hydrogens (tertiary/aromatic N) is 1. The molecule has 104 valence electrons. The smallest absolute Gasteiger partial charge is 0.0691 e. The van der Waals surface area contributed by atoms with Gasteiger partial charge in [-0.1, -0.05) is 18.2 Å². The van der Waals surface area contributed by atoms with Crippen molar-refractivity contribution in [3.8, 4) is 0 Å². The summed E-state index contributed by atoms with van der Waals surface area (Å²) >= 11 is 0. The number of nitrogens with one attached hydrogen (secondary N) is 1. The average molecular weight is 262 g/mol. The van der Waals surface area contributed by atoms with Crippen LogP contribution in [0.1, 0.15) is 12.5 Å². The van der Waals surface area contributed by atoms with Crippen LogP contribution in [0.4, 0.5) is 0 Å². The van der Waals surface area contributed by atoms with E-state index in [0.29, 0.717) is 13.2 Å². The monoisotopic (exact) mass is 262 g/mol. The summed E-state index contributed by atoms with van der Waals surface area (Å²) in [5.74, 6) is 0. The van der Waals surface area contributed by atoms with Crippen LogP contribution < -0.4 is 5.32 Å². The first-order valence-corrected chi connectivity index (χ1v) is 6.67. The molecule has 2 aromatic rings. The topological polar surface area (TPSA) is 46.4 Å². The molecule has 4 nitrogen and oxygen atoms in total. The third-order valence-electron chi connectivity index (χ3n) is 3.13. The molecule has 0 aliphatic rings. The van der Waals surface area contributed by atoms with Gasteiger partial charge in [0.15, 0.2) is 0 Å². The standard InChI is InChI=1S/C15H22N2O2/c1-12(18)10-17-11-13(9-16-7-8-19-2)14-5-3-4-6-15(14)17/h3-6,11-12,16,18H,7-10H2,1-2H3. The van der Waals surface area contributed by atoms with Gasteiger partial charge >= 0.3 is 0 Å². The number of ether oxygens (including phenoxy) is 1. The number of aliphatic hydroxyl groups excluding tert-OH is 1. The summed E-state index contributed by atoms with van der Waals surface area (Å²) in [7, 11) is 1.70. The van der Waals surface area contributed by atoms with Crippen LogP contribution in [-0.2, 0) is 17.8 Å². The Morgan fingerprint density at radius 3 is 2.89 bits per heavy atom. The highest BCUT2D eigenvalue weighted by Gasteiger charge is 2.08. The summed E-state index contributed by atoms with van der Waals surface area (Å²) in [4.78, 5) is 0. The normalized spacial score (nSPS) is 13.0. The second-order valence-electron chi connectivity index (χ2n) is 4.84. The van der Waals surface area contributed by atoms with Crippen LogP contribution >= 0.6 is 0 Å². The summed E-state index contributed by atoms with van der Waals surface area (Å²) in [6.07, 6.45) is 1.78. The molecule has 1 aromatic heterocycles.